The number of carbonyl (C=O) groups excluding carboxylic acids is 17. The van der Waals surface area contributed by atoms with E-state index >= 15 is 19.2 Å². The molecule has 4 aromatic rings. The van der Waals surface area contributed by atoms with Crippen LogP contribution in [-0.4, -0.2) is 248 Å². The summed E-state index contributed by atoms with van der Waals surface area (Å²) in [6.45, 7) is 8.86. The van der Waals surface area contributed by atoms with E-state index in [0.717, 1.165) is 4.90 Å². The van der Waals surface area contributed by atoms with Gasteiger partial charge >= 0.3 is 11.9 Å². The van der Waals surface area contributed by atoms with Gasteiger partial charge in [-0.2, -0.15) is 0 Å². The van der Waals surface area contributed by atoms with E-state index in [1.54, 1.807) is 65.0 Å². The van der Waals surface area contributed by atoms with Gasteiger partial charge in [0.15, 0.2) is 5.43 Å². The molecule has 0 radical (unpaired) electrons. The second-order valence-electron chi connectivity index (χ2n) is 33.1. The summed E-state index contributed by atoms with van der Waals surface area (Å²) in [5.74, 6) is -27.3. The number of aliphatic hydroxyl groups excluding tert-OH is 1. The zero-order chi connectivity index (χ0) is 96.9. The van der Waals surface area contributed by atoms with Gasteiger partial charge in [0, 0.05) is 70.8 Å². The number of aromatic amines is 1. The molecule has 1 aromatic heterocycles. The van der Waals surface area contributed by atoms with Crippen molar-refractivity contribution in [3.05, 3.63) is 112 Å². The lowest BCUT2D eigenvalue weighted by molar-refractivity contribution is -0.143. The molecule has 3 aliphatic rings. The SMILES string of the molecule is CC[C@H](C)[C@@H]1NC(=O)[C@H](CCCCN)NC(=O)[C@H](CC(C)C)NC(=O)[C@H](CO)NC(=O)[C@H](CC(N)=O)NC(=O)[C@H](Cc2c[nH]c3ccccc23)NC(=O)CC(NC(=O)c2ccccc2-c2c3ccc(=O)cc-3oc3cc(O)ccc23)C(=O)NCCN(CC(N)=O)C(=O)[C@H](C(C)C)NC(=O)[C@H](CC(=O)O)NC(=O)[C@H](CC(C)C)NC(=O)[C@H](CC(N)=O)NC(=O)[C@H](CC(=O)O)NC1=O. The van der Waals surface area contributed by atoms with Crippen molar-refractivity contribution < 1.29 is 116 Å². The number of rotatable bonds is 27. The number of nitrogens with one attached hydrogen (secondary N) is 14. The van der Waals surface area contributed by atoms with Crippen molar-refractivity contribution in [1.29, 1.82) is 0 Å². The average molecular weight is 1830 g/mol. The van der Waals surface area contributed by atoms with Crippen LogP contribution in [0.1, 0.15) is 142 Å². The number of carbonyl (C=O) groups is 19. The van der Waals surface area contributed by atoms with Crippen LogP contribution in [0.4, 0.5) is 0 Å². The number of aliphatic hydroxyl groups is 1. The number of para-hydroxylation sites is 1. The van der Waals surface area contributed by atoms with Crippen molar-refractivity contribution in [3.8, 4) is 28.2 Å². The summed E-state index contributed by atoms with van der Waals surface area (Å²) in [6, 6.07) is -2.27. The van der Waals surface area contributed by atoms with E-state index in [1.165, 1.54) is 81.6 Å². The zero-order valence-corrected chi connectivity index (χ0v) is 73.5. The van der Waals surface area contributed by atoms with Crippen molar-refractivity contribution in [2.75, 3.05) is 32.8 Å². The number of aliphatic carboxylic acids is 2. The molecule has 26 N–H and O–H groups in total. The summed E-state index contributed by atoms with van der Waals surface area (Å²) in [5.41, 5.74) is 23.7. The van der Waals surface area contributed by atoms with E-state index in [4.69, 9.17) is 27.4 Å². The number of H-pyrrole nitrogens is 1. The predicted octanol–water partition coefficient (Wildman–Crippen LogP) is -3.12. The quantitative estimate of drug-likeness (QED) is 0.0179. The topological polar surface area (TPSA) is 715 Å². The lowest BCUT2D eigenvalue weighted by Gasteiger charge is -2.31. The van der Waals surface area contributed by atoms with Crippen molar-refractivity contribution >= 4 is 134 Å². The van der Waals surface area contributed by atoms with Crippen LogP contribution >= 0.6 is 0 Å². The second-order valence-corrected chi connectivity index (χ2v) is 33.1. The molecule has 0 saturated carbocycles. The molecule has 3 aromatic carbocycles. The number of benzene rings is 4. The van der Waals surface area contributed by atoms with Gasteiger partial charge in [-0.15, -0.1) is 0 Å². The molecule has 2 aliphatic heterocycles. The van der Waals surface area contributed by atoms with Gasteiger partial charge in [0.1, 0.15) is 89.6 Å². The van der Waals surface area contributed by atoms with E-state index in [2.05, 4.69) is 74.1 Å². The van der Waals surface area contributed by atoms with Gasteiger partial charge in [-0.25, -0.2) is 0 Å². The molecule has 0 bridgehead atoms. The number of primary amides is 3. The number of nitrogens with two attached hydrogens (primary N) is 4. The highest BCUT2D eigenvalue weighted by atomic mass is 16.4. The van der Waals surface area contributed by atoms with E-state index in [-0.39, 0.29) is 84.4 Å². The van der Waals surface area contributed by atoms with Crippen molar-refractivity contribution in [3.63, 3.8) is 0 Å². The molecule has 1 unspecified atom stereocenters. The Hall–Kier alpha value is -14.5. The van der Waals surface area contributed by atoms with Gasteiger partial charge in [0.25, 0.3) is 5.91 Å². The monoisotopic (exact) mass is 1830 g/mol. The molecular weight excluding hydrogens is 1710 g/mol. The smallest absolute Gasteiger partial charge is 0.305 e. The summed E-state index contributed by atoms with van der Waals surface area (Å²) < 4.78 is 6.06. The summed E-state index contributed by atoms with van der Waals surface area (Å²) in [4.78, 5) is 287. The number of carboxylic acids is 2. The first-order valence-electron chi connectivity index (χ1n) is 42.5. The molecule has 131 heavy (non-hydrogen) atoms. The minimum atomic E-state index is -2.14. The van der Waals surface area contributed by atoms with Gasteiger partial charge in [0.05, 0.1) is 45.3 Å². The number of amides is 17. The number of hydrogen-bond donors (Lipinski definition) is 22. The van der Waals surface area contributed by atoms with Crippen LogP contribution in [0.5, 0.6) is 5.75 Å². The molecule has 1 fully saturated rings. The third-order valence-electron chi connectivity index (χ3n) is 21.4. The number of carboxylic acid groups (broad SMARTS) is 2. The van der Waals surface area contributed by atoms with E-state index in [9.17, 15) is 97.1 Å². The number of nitrogens with zero attached hydrogens (tertiary/aromatic N) is 1. The van der Waals surface area contributed by atoms with Crippen LogP contribution < -0.4 is 97.5 Å². The third kappa shape index (κ3) is 30.3. The highest BCUT2D eigenvalue weighted by molar-refractivity contribution is 6.11. The summed E-state index contributed by atoms with van der Waals surface area (Å²) in [7, 11) is 0. The van der Waals surface area contributed by atoms with Crippen LogP contribution in [0.3, 0.4) is 0 Å². The number of unbranched alkanes of at least 4 members (excludes halogenated alkanes) is 1. The lowest BCUT2D eigenvalue weighted by Crippen LogP contribution is -2.62. The van der Waals surface area contributed by atoms with Gasteiger partial charge < -0.3 is 127 Å². The lowest BCUT2D eigenvalue weighted by atomic mass is 9.90. The Morgan fingerprint density at radius 1 is 0.519 bits per heavy atom. The van der Waals surface area contributed by atoms with E-state index in [1.807, 2.05) is 0 Å². The number of hydrogen-bond acceptors (Lipinski definition) is 24. The second kappa shape index (κ2) is 48.6. The van der Waals surface area contributed by atoms with E-state index in [0.29, 0.717) is 21.9 Å². The first-order valence-corrected chi connectivity index (χ1v) is 42.5. The molecule has 1 saturated heterocycles. The molecule has 0 spiro atoms. The maximum absolute atomic E-state index is 15.3. The maximum atomic E-state index is 15.3. The molecule has 13 atom stereocenters. The number of aromatic nitrogens is 1. The van der Waals surface area contributed by atoms with Crippen LogP contribution in [0.15, 0.2) is 100 Å². The van der Waals surface area contributed by atoms with E-state index < -0.39 is 279 Å². The molecule has 44 nitrogen and oxygen atoms in total. The molecule has 44 heteroatoms. The molecule has 708 valence electrons. The zero-order valence-electron chi connectivity index (χ0n) is 73.5. The maximum Gasteiger partial charge on any atom is 0.305 e. The number of phenols is 1. The van der Waals surface area contributed by atoms with Gasteiger partial charge in [0.2, 0.25) is 94.5 Å². The Morgan fingerprint density at radius 2 is 1.02 bits per heavy atom. The predicted molar refractivity (Wildman–Crippen MR) is 469 cm³/mol. The fourth-order valence-electron chi connectivity index (χ4n) is 14.6. The van der Waals surface area contributed by atoms with Gasteiger partial charge in [-0.3, -0.25) is 95.9 Å². The standard InChI is InChI=1S/C87H115N19O25/c1-9-44(8)74-86(129)102-61(36-70(114)115)83(126)100-58(33-66(89)110)81(124)97-56(29-42(4)5)79(122)101-62(37-71(116)117)84(127)104-73(43(6)7)87(130)106(39-68(91)112)27-26-92-76(119)60(96-75(118)50-18-11-10-17-49(50)72-51-23-21-46(108)31-64(51)131-65-32-47(109)22-24-52(65)72)35-69(113)94-57(30-45-38-93-53-19-13-12-16-48(45)53)80(123)99-59(34-67(90)111)82(125)103-63(40-107)85(128)98-55(28-41(2)3)78(121)95-54(77(120)105-74)20-14-15-25-88/h10-13,16-19,21-24,31-32,38,41-44,54-63,73-74,93,107-108H,9,14-15,20,25-30,33-37,39-40,88H2,1-8H3,(H2,89,110)(H2,90,111)(H2,91,112)(H,92,119)(H,94,113)(H,95,121)(H,96,118)(H,97,124)(H,98,128)(H,99,123)(H,100,126)(H,101,122)(H,102,129)(H,103,125)(H,104,127)(H,105,120)(H,114,115)(H,116,117)/t44-,54-,55-,56-,57-,58-,59-,60?,61-,62-,63-,73-,74-/m0/s1. The fraction of sp³-hybridized carbons (Fsp3) is 0.471. The molecule has 7 rings (SSSR count). The molecule has 1 aliphatic carbocycles. The van der Waals surface area contributed by atoms with Crippen molar-refractivity contribution in [2.24, 2.45) is 46.6 Å². The molecular formula is C87H115N19O25. The average Bonchev–Trinajstić information content (AvgIpc) is 1.09. The van der Waals surface area contributed by atoms with Crippen LogP contribution in [-0.2, 0) is 92.7 Å². The Labute approximate surface area is 751 Å². The highest BCUT2D eigenvalue weighted by Crippen LogP contribution is 2.42. The molecule has 17 amide bonds. The van der Waals surface area contributed by atoms with Crippen molar-refractivity contribution in [1.82, 2.24) is 79.0 Å². The summed E-state index contributed by atoms with van der Waals surface area (Å²) >= 11 is 0. The Bertz CT molecular complexity index is 5260. The fourth-order valence-corrected chi connectivity index (χ4v) is 14.6. The van der Waals surface area contributed by atoms with Crippen LogP contribution in [0.2, 0.25) is 0 Å². The Kier molecular flexibility index (Phi) is 38.5. The molecule has 3 heterocycles. The third-order valence-corrected chi connectivity index (χ3v) is 21.4. The minimum Gasteiger partial charge on any atom is -0.508 e. The summed E-state index contributed by atoms with van der Waals surface area (Å²) in [6.07, 6.45) is -4.82. The number of aromatic hydroxyl groups is 1. The van der Waals surface area contributed by atoms with Gasteiger partial charge in [-0.1, -0.05) is 98.2 Å². The number of phenolic OH excluding ortho intramolecular Hbond substituents is 1. The van der Waals surface area contributed by atoms with Gasteiger partial charge in [-0.05, 0) is 110 Å². The van der Waals surface area contributed by atoms with Crippen molar-refractivity contribution in [2.45, 2.75) is 205 Å². The summed E-state index contributed by atoms with van der Waals surface area (Å²) in [5, 5.41) is 73.9. The van der Waals surface area contributed by atoms with Crippen LogP contribution in [0, 0.1) is 23.7 Å². The highest BCUT2D eigenvalue weighted by Gasteiger charge is 2.41. The minimum absolute atomic E-state index is 0.0213. The first-order chi connectivity index (χ1) is 61.9. The first kappa shape index (κ1) is 104. The number of fused-ring (bicyclic) bond motifs is 3. The Balaban J connectivity index is 1.35. The van der Waals surface area contributed by atoms with Crippen LogP contribution in [0.25, 0.3) is 44.3 Å². The largest absolute Gasteiger partial charge is 0.508 e. The normalized spacial score (nSPS) is 22.3. The Morgan fingerprint density at radius 3 is 1.57 bits per heavy atom.